The van der Waals surface area contributed by atoms with Gasteiger partial charge in [0, 0.05) is 61.8 Å². The second-order valence-electron chi connectivity index (χ2n) is 16.5. The molecule has 0 saturated heterocycles. The van der Waals surface area contributed by atoms with Crippen molar-refractivity contribution in [2.45, 2.75) is 24.9 Å². The first kappa shape index (κ1) is 33.5. The second kappa shape index (κ2) is 12.7. The zero-order valence-electron chi connectivity index (χ0n) is 32.9. The van der Waals surface area contributed by atoms with Gasteiger partial charge in [0.25, 0.3) is 0 Å². The standard InChI is InChI=1S/C55H38N4O/c1-33-30-36(31-47-49(33)41-24-11-14-26-46(41)58(47)37-19-6-3-7-20-37)43-32-44-39-22-12-15-27-48(39)60-54(44)50-42-29-28-34-16-8-9-21-38(34)52(42)59(53(43)50)55-56-45-25-13-10-23-40(45)51(57-55)35-17-4-2-5-18-35/h2-33,39,48-49H,1H3/t33?,39-,48?,49?/m1/s1. The summed E-state index contributed by atoms with van der Waals surface area (Å²) >= 11 is 0. The van der Waals surface area contributed by atoms with E-state index in [1.807, 2.05) is 0 Å². The summed E-state index contributed by atoms with van der Waals surface area (Å²) in [7, 11) is 0. The van der Waals surface area contributed by atoms with Gasteiger partial charge in [-0.2, -0.15) is 0 Å². The molecule has 4 aliphatic rings. The third kappa shape index (κ3) is 4.74. The first-order valence-electron chi connectivity index (χ1n) is 20.9. The van der Waals surface area contributed by atoms with E-state index in [1.54, 1.807) is 0 Å². The van der Waals surface area contributed by atoms with Gasteiger partial charge >= 0.3 is 0 Å². The average molecular weight is 771 g/mol. The molecule has 60 heavy (non-hydrogen) atoms. The molecule has 4 heterocycles. The van der Waals surface area contributed by atoms with Crippen molar-refractivity contribution in [3.05, 3.63) is 211 Å². The van der Waals surface area contributed by atoms with Crippen LogP contribution in [0.25, 0.3) is 66.3 Å². The molecule has 9 aromatic rings. The van der Waals surface area contributed by atoms with Gasteiger partial charge in [0.1, 0.15) is 11.9 Å². The van der Waals surface area contributed by atoms with Gasteiger partial charge in [-0.1, -0.05) is 153 Å². The Hall–Kier alpha value is -7.50. The second-order valence-corrected chi connectivity index (χ2v) is 16.5. The van der Waals surface area contributed by atoms with Gasteiger partial charge in [0.2, 0.25) is 5.95 Å². The van der Waals surface area contributed by atoms with Crippen molar-refractivity contribution < 1.29 is 4.74 Å². The Balaban J connectivity index is 1.17. The molecule has 0 amide bonds. The maximum Gasteiger partial charge on any atom is 0.235 e. The summed E-state index contributed by atoms with van der Waals surface area (Å²) in [5.41, 5.74) is 13.6. The Morgan fingerprint density at radius 3 is 2.27 bits per heavy atom. The van der Waals surface area contributed by atoms with E-state index >= 15 is 0 Å². The Morgan fingerprint density at radius 2 is 1.38 bits per heavy atom. The summed E-state index contributed by atoms with van der Waals surface area (Å²) in [5, 5.41) is 5.55. The molecule has 2 aliphatic heterocycles. The van der Waals surface area contributed by atoms with Gasteiger partial charge < -0.3 is 9.64 Å². The molecule has 2 aliphatic carbocycles. The van der Waals surface area contributed by atoms with Crippen LogP contribution in [0, 0.1) is 5.92 Å². The molecule has 2 aromatic heterocycles. The molecule has 0 fully saturated rings. The van der Waals surface area contributed by atoms with Crippen molar-refractivity contribution in [2.24, 2.45) is 5.92 Å². The van der Waals surface area contributed by atoms with Gasteiger partial charge in [-0.15, -0.1) is 0 Å². The van der Waals surface area contributed by atoms with Crippen LogP contribution in [0.2, 0.25) is 0 Å². The molecule has 0 N–H and O–H groups in total. The average Bonchev–Trinajstić information content (AvgIpc) is 3.97. The van der Waals surface area contributed by atoms with Crippen LogP contribution in [-0.4, -0.2) is 20.6 Å². The van der Waals surface area contributed by atoms with Crippen LogP contribution < -0.4 is 9.64 Å². The lowest BCUT2D eigenvalue weighted by atomic mass is 9.79. The van der Waals surface area contributed by atoms with E-state index in [9.17, 15) is 0 Å². The van der Waals surface area contributed by atoms with E-state index < -0.39 is 0 Å². The zero-order valence-corrected chi connectivity index (χ0v) is 32.9. The molecule has 0 bridgehead atoms. The van der Waals surface area contributed by atoms with E-state index in [2.05, 4.69) is 205 Å². The van der Waals surface area contributed by atoms with Crippen LogP contribution in [-0.2, 0) is 0 Å². The normalized spacial score (nSPS) is 19.9. The number of fused-ring (bicyclic) bond motifs is 13. The zero-order chi connectivity index (χ0) is 39.5. The molecule has 7 aromatic carbocycles. The van der Waals surface area contributed by atoms with E-state index in [1.165, 1.54) is 33.8 Å². The maximum absolute atomic E-state index is 7.07. The number of rotatable bonds is 4. The molecule has 284 valence electrons. The van der Waals surface area contributed by atoms with Crippen LogP contribution in [0.15, 0.2) is 194 Å². The van der Waals surface area contributed by atoms with Crippen molar-refractivity contribution >= 4 is 60.4 Å². The maximum atomic E-state index is 7.07. The van der Waals surface area contributed by atoms with E-state index in [4.69, 9.17) is 14.7 Å². The Labute approximate surface area is 347 Å². The number of nitrogens with zero attached hydrogens (tertiary/aromatic N) is 4. The first-order chi connectivity index (χ1) is 29.7. The lowest BCUT2D eigenvalue weighted by Gasteiger charge is -2.30. The highest BCUT2D eigenvalue weighted by Gasteiger charge is 2.41. The van der Waals surface area contributed by atoms with Gasteiger partial charge in [-0.3, -0.25) is 4.57 Å². The van der Waals surface area contributed by atoms with Crippen LogP contribution >= 0.6 is 0 Å². The van der Waals surface area contributed by atoms with Gasteiger partial charge in [0.05, 0.1) is 27.6 Å². The molecule has 13 rings (SSSR count). The number of benzene rings is 7. The highest BCUT2D eigenvalue weighted by atomic mass is 16.5. The molecule has 5 heteroatoms. The number of hydrogen-bond donors (Lipinski definition) is 0. The van der Waals surface area contributed by atoms with Crippen molar-refractivity contribution in [3.8, 4) is 23.0 Å². The number of aromatic nitrogens is 3. The Morgan fingerprint density at radius 1 is 0.633 bits per heavy atom. The summed E-state index contributed by atoms with van der Waals surface area (Å²) in [6.45, 7) is 2.38. The van der Waals surface area contributed by atoms with E-state index in [0.29, 0.717) is 5.95 Å². The summed E-state index contributed by atoms with van der Waals surface area (Å²) in [6.07, 6.45) is 13.7. The summed E-state index contributed by atoms with van der Waals surface area (Å²) in [4.78, 5) is 13.5. The highest BCUT2D eigenvalue weighted by Crippen LogP contribution is 2.56. The molecule has 5 nitrogen and oxygen atoms in total. The van der Waals surface area contributed by atoms with Crippen LogP contribution in [0.1, 0.15) is 35.4 Å². The molecule has 4 atom stereocenters. The van der Waals surface area contributed by atoms with E-state index in [0.717, 1.165) is 66.1 Å². The molecule has 0 radical (unpaired) electrons. The van der Waals surface area contributed by atoms with E-state index in [-0.39, 0.29) is 23.9 Å². The fourth-order valence-electron chi connectivity index (χ4n) is 10.6. The number of para-hydroxylation sites is 3. The summed E-state index contributed by atoms with van der Waals surface area (Å²) < 4.78 is 9.43. The quantitative estimate of drug-likeness (QED) is 0.179. The van der Waals surface area contributed by atoms with Crippen molar-refractivity contribution in [2.75, 3.05) is 4.90 Å². The minimum atomic E-state index is -0.0798. The molecular weight excluding hydrogens is 733 g/mol. The molecule has 3 unspecified atom stereocenters. The monoisotopic (exact) mass is 770 g/mol. The predicted octanol–water partition coefficient (Wildman–Crippen LogP) is 13.4. The number of anilines is 2. The SMILES string of the molecule is CC1C=C(c2cc3c(c4c5ccc6ccccc6c5n(-c5nc(-c6ccccc6)c6ccccc6n5)c24)OC2C=CC=C[C@H]32)C=C2C1c1ccccc1N2c1ccccc1. The smallest absolute Gasteiger partial charge is 0.235 e. The van der Waals surface area contributed by atoms with Crippen LogP contribution in [0.4, 0.5) is 11.4 Å². The third-order valence-electron chi connectivity index (χ3n) is 13.1. The summed E-state index contributed by atoms with van der Waals surface area (Å²) in [6, 6.07) is 54.3. The van der Waals surface area contributed by atoms with Crippen LogP contribution in [0.5, 0.6) is 5.75 Å². The highest BCUT2D eigenvalue weighted by molar-refractivity contribution is 6.22. The van der Waals surface area contributed by atoms with Crippen molar-refractivity contribution in [3.63, 3.8) is 0 Å². The fourth-order valence-corrected chi connectivity index (χ4v) is 10.6. The third-order valence-corrected chi connectivity index (χ3v) is 13.1. The van der Waals surface area contributed by atoms with Crippen molar-refractivity contribution in [1.29, 1.82) is 0 Å². The number of ether oxygens (including phenoxy) is 1. The molecular formula is C55H38N4O. The lowest BCUT2D eigenvalue weighted by Crippen LogP contribution is -2.19. The minimum Gasteiger partial charge on any atom is -0.484 e. The fraction of sp³-hybridized carbons (Fsp3) is 0.0909. The van der Waals surface area contributed by atoms with Gasteiger partial charge in [-0.25, -0.2) is 9.97 Å². The van der Waals surface area contributed by atoms with Gasteiger partial charge in [0.15, 0.2) is 0 Å². The molecule has 0 spiro atoms. The minimum absolute atomic E-state index is 0.0798. The topological polar surface area (TPSA) is 43.2 Å². The lowest BCUT2D eigenvalue weighted by molar-refractivity contribution is 0.271. The van der Waals surface area contributed by atoms with Crippen LogP contribution in [0.3, 0.4) is 0 Å². The summed E-state index contributed by atoms with van der Waals surface area (Å²) in [5.74, 6) is 2.13. The number of hydrogen-bond acceptors (Lipinski definition) is 4. The number of allylic oxidation sites excluding steroid dienone is 6. The first-order valence-corrected chi connectivity index (χ1v) is 20.9. The largest absolute Gasteiger partial charge is 0.484 e. The Kier molecular flexibility index (Phi) is 7.11. The predicted molar refractivity (Wildman–Crippen MR) is 245 cm³/mol. The van der Waals surface area contributed by atoms with Gasteiger partial charge in [-0.05, 0) is 64.9 Å². The molecule has 0 saturated carbocycles. The Bertz CT molecular complexity index is 3390. The van der Waals surface area contributed by atoms with Crippen molar-refractivity contribution in [1.82, 2.24) is 14.5 Å².